The second-order valence-electron chi connectivity index (χ2n) is 7.82. The number of hydrogen-bond donors (Lipinski definition) is 1. The van der Waals surface area contributed by atoms with E-state index < -0.39 is 0 Å². The van der Waals surface area contributed by atoms with Crippen LogP contribution in [-0.4, -0.2) is 79.3 Å². The van der Waals surface area contributed by atoms with Gasteiger partial charge in [-0.15, -0.1) is 0 Å². The molecule has 7 nitrogen and oxygen atoms in total. The highest BCUT2D eigenvalue weighted by Crippen LogP contribution is 2.21. The maximum Gasteiger partial charge on any atom is 0.410 e. The van der Waals surface area contributed by atoms with Gasteiger partial charge in [0.15, 0.2) is 0 Å². The van der Waals surface area contributed by atoms with Gasteiger partial charge in [0.2, 0.25) is 0 Å². The van der Waals surface area contributed by atoms with E-state index in [4.69, 9.17) is 4.74 Å². The topological polar surface area (TPSA) is 60.9 Å². The molecule has 1 amide bonds. The summed E-state index contributed by atoms with van der Waals surface area (Å²) in [4.78, 5) is 23.5. The highest BCUT2D eigenvalue weighted by atomic mass is 16.6. The molecule has 3 rings (SSSR count). The molecule has 1 aromatic heterocycles. The zero-order chi connectivity index (χ0) is 20.1. The van der Waals surface area contributed by atoms with Crippen LogP contribution in [0.2, 0.25) is 0 Å². The van der Waals surface area contributed by atoms with E-state index in [1.165, 1.54) is 0 Å². The number of rotatable bonds is 5. The number of piperidine rings is 1. The van der Waals surface area contributed by atoms with Crippen molar-refractivity contribution in [3.63, 3.8) is 0 Å². The van der Waals surface area contributed by atoms with Gasteiger partial charge in [0.05, 0.1) is 0 Å². The summed E-state index contributed by atoms with van der Waals surface area (Å²) in [5.74, 6) is 0.960. The number of anilines is 1. The predicted molar refractivity (Wildman–Crippen MR) is 112 cm³/mol. The minimum atomic E-state index is -0.157. The molecule has 1 N–H and O–H groups in total. The van der Waals surface area contributed by atoms with Crippen molar-refractivity contribution in [2.45, 2.75) is 38.8 Å². The van der Waals surface area contributed by atoms with Crippen molar-refractivity contribution in [1.29, 1.82) is 0 Å². The molecule has 0 aromatic carbocycles. The molecular formula is C21H33N5O2. The standard InChI is InChI=1S/C21H33N5O2/c1-16(2)24-11-13-26(14-12-24)21(27)28-19-7-9-25(10-8-19)20-6-5-18(15-23-20)17(3)22-4/h5-6,15-16,19,22H,3,7-14H2,1-2,4H3. The lowest BCUT2D eigenvalue weighted by Gasteiger charge is -2.38. The van der Waals surface area contributed by atoms with E-state index in [9.17, 15) is 4.79 Å². The largest absolute Gasteiger partial charge is 0.446 e. The number of ether oxygens (including phenoxy) is 1. The van der Waals surface area contributed by atoms with E-state index in [0.29, 0.717) is 6.04 Å². The van der Waals surface area contributed by atoms with Gasteiger partial charge >= 0.3 is 6.09 Å². The fraction of sp³-hybridized carbons (Fsp3) is 0.619. The number of nitrogens with zero attached hydrogens (tertiary/aromatic N) is 4. The summed E-state index contributed by atoms with van der Waals surface area (Å²) < 4.78 is 5.78. The number of piperazine rings is 1. The molecule has 0 saturated carbocycles. The van der Waals surface area contributed by atoms with Gasteiger partial charge in [-0.05, 0) is 26.0 Å². The van der Waals surface area contributed by atoms with Crippen molar-refractivity contribution in [3.05, 3.63) is 30.5 Å². The highest BCUT2D eigenvalue weighted by molar-refractivity contribution is 5.68. The zero-order valence-electron chi connectivity index (χ0n) is 17.4. The van der Waals surface area contributed by atoms with Crippen molar-refractivity contribution in [1.82, 2.24) is 20.1 Å². The number of carbonyl (C=O) groups excluding carboxylic acids is 1. The number of aromatic nitrogens is 1. The number of pyridine rings is 1. The minimum absolute atomic E-state index is 0.00443. The Balaban J connectivity index is 1.44. The molecule has 0 radical (unpaired) electrons. The lowest BCUT2D eigenvalue weighted by molar-refractivity contribution is 0.0337. The first-order valence-corrected chi connectivity index (χ1v) is 10.3. The van der Waals surface area contributed by atoms with Crippen LogP contribution in [0.25, 0.3) is 5.70 Å². The van der Waals surface area contributed by atoms with Crippen LogP contribution in [0.5, 0.6) is 0 Å². The summed E-state index contributed by atoms with van der Waals surface area (Å²) in [6.45, 7) is 13.4. The first-order chi connectivity index (χ1) is 13.5. The fourth-order valence-corrected chi connectivity index (χ4v) is 3.74. The van der Waals surface area contributed by atoms with E-state index in [2.05, 4.69) is 40.5 Å². The second-order valence-corrected chi connectivity index (χ2v) is 7.82. The molecule has 2 aliphatic heterocycles. The van der Waals surface area contributed by atoms with Gasteiger partial charge < -0.3 is 19.9 Å². The average molecular weight is 388 g/mol. The molecule has 3 heterocycles. The van der Waals surface area contributed by atoms with E-state index in [1.54, 1.807) is 0 Å². The molecule has 0 unspecified atom stereocenters. The Morgan fingerprint density at radius 3 is 2.39 bits per heavy atom. The molecule has 0 bridgehead atoms. The van der Waals surface area contributed by atoms with Crippen LogP contribution in [0.4, 0.5) is 10.6 Å². The predicted octanol–water partition coefficient (Wildman–Crippen LogP) is 2.40. The zero-order valence-corrected chi connectivity index (χ0v) is 17.4. The third kappa shape index (κ3) is 4.95. The monoisotopic (exact) mass is 387 g/mol. The van der Waals surface area contributed by atoms with Crippen LogP contribution >= 0.6 is 0 Å². The lowest BCUT2D eigenvalue weighted by atomic mass is 10.1. The molecule has 28 heavy (non-hydrogen) atoms. The Hall–Kier alpha value is -2.28. The smallest absolute Gasteiger partial charge is 0.410 e. The van der Waals surface area contributed by atoms with Gasteiger partial charge in [-0.2, -0.15) is 0 Å². The molecule has 0 spiro atoms. The maximum atomic E-state index is 12.5. The number of amides is 1. The number of carbonyl (C=O) groups is 1. The van der Waals surface area contributed by atoms with Crippen molar-refractivity contribution in [2.75, 3.05) is 51.2 Å². The molecule has 2 aliphatic rings. The van der Waals surface area contributed by atoms with Crippen molar-refractivity contribution >= 4 is 17.6 Å². The first kappa shape index (κ1) is 20.5. The highest BCUT2D eigenvalue weighted by Gasteiger charge is 2.28. The van der Waals surface area contributed by atoms with Gasteiger partial charge in [0.25, 0.3) is 0 Å². The average Bonchev–Trinajstić information content (AvgIpc) is 2.74. The third-order valence-electron chi connectivity index (χ3n) is 5.73. The molecule has 7 heteroatoms. The van der Waals surface area contributed by atoms with Gasteiger partial charge in [-0.3, -0.25) is 4.90 Å². The van der Waals surface area contributed by atoms with E-state index in [0.717, 1.165) is 69.2 Å². The van der Waals surface area contributed by atoms with Crippen LogP contribution in [-0.2, 0) is 4.74 Å². The van der Waals surface area contributed by atoms with Crippen LogP contribution in [0, 0.1) is 0 Å². The van der Waals surface area contributed by atoms with Crippen molar-refractivity contribution in [2.24, 2.45) is 0 Å². The molecule has 0 aliphatic carbocycles. The van der Waals surface area contributed by atoms with Crippen LogP contribution < -0.4 is 10.2 Å². The Bertz CT molecular complexity index is 660. The summed E-state index contributed by atoms with van der Waals surface area (Å²) in [7, 11) is 1.85. The second kappa shape index (κ2) is 9.28. The maximum absolute atomic E-state index is 12.5. The van der Waals surface area contributed by atoms with Crippen molar-refractivity contribution < 1.29 is 9.53 Å². The molecular weight excluding hydrogens is 354 g/mol. The SMILES string of the molecule is C=C(NC)c1ccc(N2CCC(OC(=O)N3CCN(C(C)C)CC3)CC2)nc1. The van der Waals surface area contributed by atoms with Gasteiger partial charge in [-0.25, -0.2) is 9.78 Å². The molecule has 154 valence electrons. The Morgan fingerprint density at radius 1 is 1.18 bits per heavy atom. The fourth-order valence-electron chi connectivity index (χ4n) is 3.74. The third-order valence-corrected chi connectivity index (χ3v) is 5.73. The van der Waals surface area contributed by atoms with Gasteiger partial charge in [0.1, 0.15) is 11.9 Å². The van der Waals surface area contributed by atoms with Crippen LogP contribution in [0.1, 0.15) is 32.3 Å². The summed E-state index contributed by atoms with van der Waals surface area (Å²) in [5, 5.41) is 3.04. The Kier molecular flexibility index (Phi) is 6.78. The Morgan fingerprint density at radius 2 is 1.86 bits per heavy atom. The van der Waals surface area contributed by atoms with Gasteiger partial charge in [-0.1, -0.05) is 6.58 Å². The number of hydrogen-bond acceptors (Lipinski definition) is 6. The van der Waals surface area contributed by atoms with Crippen molar-refractivity contribution in [3.8, 4) is 0 Å². The van der Waals surface area contributed by atoms with Gasteiger partial charge in [0, 0.05) is 82.7 Å². The molecule has 1 aromatic rings. The first-order valence-electron chi connectivity index (χ1n) is 10.3. The van der Waals surface area contributed by atoms with E-state index >= 15 is 0 Å². The minimum Gasteiger partial charge on any atom is -0.446 e. The molecule has 2 fully saturated rings. The number of nitrogens with one attached hydrogen (secondary N) is 1. The van der Waals surface area contributed by atoms with Crippen LogP contribution in [0.15, 0.2) is 24.9 Å². The summed E-state index contributed by atoms with van der Waals surface area (Å²) >= 11 is 0. The van der Waals surface area contributed by atoms with E-state index in [-0.39, 0.29) is 12.2 Å². The van der Waals surface area contributed by atoms with E-state index in [1.807, 2.05) is 30.3 Å². The lowest BCUT2D eigenvalue weighted by Crippen LogP contribution is -2.51. The van der Waals surface area contributed by atoms with Crippen LogP contribution in [0.3, 0.4) is 0 Å². The Labute approximate surface area is 168 Å². The summed E-state index contributed by atoms with van der Waals surface area (Å²) in [5.41, 5.74) is 1.85. The summed E-state index contributed by atoms with van der Waals surface area (Å²) in [6.07, 6.45) is 3.36. The normalized spacial score (nSPS) is 19.0. The molecule has 0 atom stereocenters. The molecule has 2 saturated heterocycles. The quantitative estimate of drug-likeness (QED) is 0.837. The summed E-state index contributed by atoms with van der Waals surface area (Å²) in [6, 6.07) is 4.59.